The van der Waals surface area contributed by atoms with Crippen LogP contribution in [-0.2, 0) is 19.1 Å². The number of carbonyl (C=O) groups excluding carboxylic acids is 3. The summed E-state index contributed by atoms with van der Waals surface area (Å²) in [5, 5.41) is 13.1. The Hall–Kier alpha value is -3.46. The molecule has 1 aromatic heterocycles. The van der Waals surface area contributed by atoms with Crippen LogP contribution in [0.1, 0.15) is 20.3 Å². The molecule has 0 saturated carbocycles. The highest BCUT2D eigenvalue weighted by Crippen LogP contribution is 2.31. The summed E-state index contributed by atoms with van der Waals surface area (Å²) in [5.74, 6) is -3.90. The predicted molar refractivity (Wildman–Crippen MR) is 120 cm³/mol. The summed E-state index contributed by atoms with van der Waals surface area (Å²) in [6.07, 6.45) is -3.01. The molecule has 0 radical (unpaired) electrons. The maximum atomic E-state index is 13.2. The largest absolute Gasteiger partial charge is 0.481 e. The van der Waals surface area contributed by atoms with E-state index < -0.39 is 54.9 Å². The van der Waals surface area contributed by atoms with Gasteiger partial charge in [-0.15, -0.1) is 0 Å². The summed E-state index contributed by atoms with van der Waals surface area (Å²) in [6, 6.07) is 10.6. The van der Waals surface area contributed by atoms with Gasteiger partial charge >= 0.3 is 12.1 Å². The molecule has 2 N–H and O–H groups in total. The first-order chi connectivity index (χ1) is 15.6. The number of carboxylic acids is 1. The fourth-order valence-corrected chi connectivity index (χ4v) is 3.73. The summed E-state index contributed by atoms with van der Waals surface area (Å²) in [5.41, 5.74) is 1.02. The lowest BCUT2D eigenvalue weighted by Crippen LogP contribution is -2.49. The molecule has 0 aliphatic rings. The molecular weight excluding hydrogens is 455 g/mol. The average Bonchev–Trinajstić information content (AvgIpc) is 3.09. The van der Waals surface area contributed by atoms with Crippen molar-refractivity contribution in [2.24, 2.45) is 5.92 Å². The van der Waals surface area contributed by atoms with E-state index in [2.05, 4.69) is 5.32 Å². The minimum absolute atomic E-state index is 0.402. The van der Waals surface area contributed by atoms with E-state index in [0.29, 0.717) is 16.1 Å². The van der Waals surface area contributed by atoms with Crippen molar-refractivity contribution in [1.82, 2.24) is 9.88 Å². The highest BCUT2D eigenvalue weighted by atomic mass is 35.5. The number of alkyl halides is 1. The third-order valence-corrected chi connectivity index (χ3v) is 5.36. The van der Waals surface area contributed by atoms with E-state index in [1.165, 1.54) is 4.57 Å². The van der Waals surface area contributed by atoms with Gasteiger partial charge in [0, 0.05) is 15.8 Å². The molecule has 0 aliphatic carbocycles. The van der Waals surface area contributed by atoms with Crippen LogP contribution in [0, 0.1) is 5.92 Å². The van der Waals surface area contributed by atoms with Gasteiger partial charge in [-0.3, -0.25) is 14.4 Å². The molecule has 1 heterocycles. The first-order valence-electron chi connectivity index (χ1n) is 10.1. The first-order valence-corrected chi connectivity index (χ1v) is 10.5. The van der Waals surface area contributed by atoms with E-state index >= 15 is 0 Å². The Morgan fingerprint density at radius 1 is 1.09 bits per heavy atom. The van der Waals surface area contributed by atoms with Crippen molar-refractivity contribution in [2.45, 2.75) is 32.4 Å². The Kier molecular flexibility index (Phi) is 7.33. The Balaban J connectivity index is 1.94. The fourth-order valence-electron chi connectivity index (χ4n) is 3.56. The Morgan fingerprint density at radius 2 is 1.76 bits per heavy atom. The number of hydrogen-bond donors (Lipinski definition) is 2. The third-order valence-electron chi connectivity index (χ3n) is 5.13. The summed E-state index contributed by atoms with van der Waals surface area (Å²) in [6.45, 7) is 1.79. The van der Waals surface area contributed by atoms with Crippen molar-refractivity contribution < 1.29 is 33.4 Å². The zero-order chi connectivity index (χ0) is 24.3. The number of carboxylic acid groups (broad SMARTS) is 1. The second kappa shape index (κ2) is 9.99. The van der Waals surface area contributed by atoms with Gasteiger partial charge in [0.05, 0.1) is 17.5 Å². The maximum Gasteiger partial charge on any atom is 0.419 e. The van der Waals surface area contributed by atoms with Gasteiger partial charge in [0.25, 0.3) is 5.91 Å². The first kappa shape index (κ1) is 24.2. The normalized spacial score (nSPS) is 13.1. The minimum Gasteiger partial charge on any atom is -0.481 e. The molecule has 0 fully saturated rings. The summed E-state index contributed by atoms with van der Waals surface area (Å²) in [4.78, 5) is 48.7. The Bertz CT molecular complexity index is 1240. The predicted octanol–water partition coefficient (Wildman–Crippen LogP) is 3.96. The number of nitrogens with zero attached hydrogens (tertiary/aromatic N) is 1. The highest BCUT2D eigenvalue weighted by Gasteiger charge is 2.32. The molecule has 2 atom stereocenters. The second-order valence-corrected chi connectivity index (χ2v) is 8.26. The van der Waals surface area contributed by atoms with Crippen LogP contribution in [0.3, 0.4) is 0 Å². The molecule has 2 aromatic carbocycles. The zero-order valence-electron chi connectivity index (χ0n) is 17.9. The molecule has 174 valence electrons. The lowest BCUT2D eigenvalue weighted by molar-refractivity contribution is -0.141. The average molecular weight is 477 g/mol. The number of benzene rings is 2. The highest BCUT2D eigenvalue weighted by molar-refractivity contribution is 6.31. The summed E-state index contributed by atoms with van der Waals surface area (Å²) >= 11 is 6.13. The van der Waals surface area contributed by atoms with Crippen LogP contribution in [0.15, 0.2) is 42.5 Å². The number of hydrogen-bond acceptors (Lipinski definition) is 5. The third kappa shape index (κ3) is 5.14. The Morgan fingerprint density at radius 3 is 2.39 bits per heavy atom. The molecule has 33 heavy (non-hydrogen) atoms. The quantitative estimate of drug-likeness (QED) is 0.508. The van der Waals surface area contributed by atoms with Gasteiger partial charge in [-0.25, -0.2) is 13.8 Å². The van der Waals surface area contributed by atoms with Gasteiger partial charge in [-0.05, 0) is 24.1 Å². The van der Waals surface area contributed by atoms with E-state index in [9.17, 15) is 23.6 Å². The van der Waals surface area contributed by atoms with Crippen molar-refractivity contribution in [3.8, 4) is 0 Å². The number of rotatable bonds is 8. The summed E-state index contributed by atoms with van der Waals surface area (Å²) < 4.78 is 19.6. The number of para-hydroxylation sites is 1. The van der Waals surface area contributed by atoms with Gasteiger partial charge in [0.1, 0.15) is 12.7 Å². The fraction of sp³-hybridized carbons (Fsp3) is 0.304. The van der Waals surface area contributed by atoms with Gasteiger partial charge in [-0.2, -0.15) is 0 Å². The van der Waals surface area contributed by atoms with Crippen molar-refractivity contribution >= 4 is 57.2 Å². The molecule has 3 rings (SSSR count). The lowest BCUT2D eigenvalue weighted by atomic mass is 10.0. The molecule has 1 amide bonds. The van der Waals surface area contributed by atoms with Gasteiger partial charge in [0.2, 0.25) is 0 Å². The number of ketones is 1. The molecular formula is C23H22ClFN2O6. The molecule has 0 spiro atoms. The van der Waals surface area contributed by atoms with Crippen molar-refractivity contribution in [3.63, 3.8) is 0 Å². The molecule has 0 saturated heterocycles. The maximum absolute atomic E-state index is 13.2. The van der Waals surface area contributed by atoms with E-state index in [4.69, 9.17) is 21.4 Å². The van der Waals surface area contributed by atoms with Gasteiger partial charge in [0.15, 0.2) is 11.9 Å². The van der Waals surface area contributed by atoms with E-state index in [-0.39, 0.29) is 0 Å². The van der Waals surface area contributed by atoms with Crippen molar-refractivity contribution in [2.75, 3.05) is 6.67 Å². The van der Waals surface area contributed by atoms with Crippen LogP contribution < -0.4 is 5.32 Å². The zero-order valence-corrected chi connectivity index (χ0v) is 18.6. The van der Waals surface area contributed by atoms with Crippen LogP contribution in [0.4, 0.5) is 9.18 Å². The van der Waals surface area contributed by atoms with E-state index in [0.717, 1.165) is 10.8 Å². The molecule has 0 bridgehead atoms. The van der Waals surface area contributed by atoms with Crippen LogP contribution in [-0.4, -0.2) is 52.2 Å². The standard InChI is InChI=1S/C23H22ClFN2O6/c1-12(2)21(22(31)26-16(10-20(29)30)19(28)11-25)33-23(32)27-17-6-4-3-5-14(17)15-8-7-13(24)9-18(15)27/h3-9,12,16,21H,10-11H2,1-2H3,(H,26,31)(H,29,30). The van der Waals surface area contributed by atoms with Crippen molar-refractivity contribution in [1.29, 1.82) is 0 Å². The monoisotopic (exact) mass is 476 g/mol. The number of aromatic nitrogens is 1. The van der Waals surface area contributed by atoms with Crippen LogP contribution in [0.25, 0.3) is 21.8 Å². The SMILES string of the molecule is CC(C)C(OC(=O)n1c2ccccc2c2ccc(Cl)cc21)C(=O)NC(CC(=O)O)C(=O)CF. The number of carbonyl (C=O) groups is 4. The number of ether oxygens (including phenoxy) is 1. The topological polar surface area (TPSA) is 115 Å². The number of aliphatic carboxylic acids is 1. The number of halogens is 2. The Labute approximate surface area is 193 Å². The van der Waals surface area contributed by atoms with Gasteiger partial charge < -0.3 is 15.2 Å². The number of amides is 1. The molecule has 2 unspecified atom stereocenters. The second-order valence-electron chi connectivity index (χ2n) is 7.82. The van der Waals surface area contributed by atoms with Crippen molar-refractivity contribution in [3.05, 3.63) is 47.5 Å². The van der Waals surface area contributed by atoms with Crippen LogP contribution in [0.2, 0.25) is 5.02 Å². The minimum atomic E-state index is -1.58. The number of nitrogens with one attached hydrogen (secondary N) is 1. The van der Waals surface area contributed by atoms with E-state index in [1.807, 2.05) is 12.1 Å². The molecule has 8 nitrogen and oxygen atoms in total. The lowest BCUT2D eigenvalue weighted by Gasteiger charge is -2.23. The van der Waals surface area contributed by atoms with Gasteiger partial charge in [-0.1, -0.05) is 49.7 Å². The van der Waals surface area contributed by atoms with Crippen LogP contribution in [0.5, 0.6) is 0 Å². The smallest absolute Gasteiger partial charge is 0.419 e. The molecule has 10 heteroatoms. The molecule has 0 aliphatic heterocycles. The number of fused-ring (bicyclic) bond motifs is 3. The summed E-state index contributed by atoms with van der Waals surface area (Å²) in [7, 11) is 0. The van der Waals surface area contributed by atoms with Crippen LogP contribution >= 0.6 is 11.6 Å². The number of Topliss-reactive ketones (excluding diaryl/α,β-unsaturated/α-hetero) is 1. The van der Waals surface area contributed by atoms with E-state index in [1.54, 1.807) is 44.2 Å². The molecule has 3 aromatic rings.